The predicted octanol–water partition coefficient (Wildman–Crippen LogP) is -0.924. The quantitative estimate of drug-likeness (QED) is 0.652. The molecule has 0 radical (unpaired) electrons. The average molecular weight is 243 g/mol. The fourth-order valence-electron chi connectivity index (χ4n) is 2.12. The molecule has 17 heavy (non-hydrogen) atoms. The molecule has 6 heteroatoms. The molecule has 0 unspecified atom stereocenters. The van der Waals surface area contributed by atoms with Crippen LogP contribution < -0.4 is 11.5 Å². The fraction of sp³-hybridized carbons (Fsp3) is 0.818. The smallest absolute Gasteiger partial charge is 0.237 e. The number of carbonyl (C=O) groups excluding carboxylic acids is 2. The highest BCUT2D eigenvalue weighted by molar-refractivity contribution is 5.87. The van der Waals surface area contributed by atoms with Crippen molar-refractivity contribution in [2.24, 2.45) is 16.9 Å². The molecule has 0 aromatic carbocycles. The van der Waals surface area contributed by atoms with E-state index in [1.165, 1.54) is 4.90 Å². The summed E-state index contributed by atoms with van der Waals surface area (Å²) in [6, 6.07) is 0. The fourth-order valence-corrected chi connectivity index (χ4v) is 2.12. The summed E-state index contributed by atoms with van der Waals surface area (Å²) in [4.78, 5) is 24.8. The van der Waals surface area contributed by atoms with E-state index in [2.05, 4.69) is 0 Å². The number of amides is 2. The van der Waals surface area contributed by atoms with Crippen LogP contribution >= 0.6 is 0 Å². The number of hydrogen-bond acceptors (Lipinski definition) is 4. The summed E-state index contributed by atoms with van der Waals surface area (Å²) in [6.07, 6.45) is 1.22. The van der Waals surface area contributed by atoms with Crippen LogP contribution in [0, 0.1) is 5.41 Å². The van der Waals surface area contributed by atoms with Gasteiger partial charge in [-0.25, -0.2) is 0 Å². The number of rotatable bonds is 5. The zero-order chi connectivity index (χ0) is 12.9. The Labute approximate surface area is 101 Å². The summed E-state index contributed by atoms with van der Waals surface area (Å²) >= 11 is 0. The molecule has 98 valence electrons. The van der Waals surface area contributed by atoms with E-state index in [-0.39, 0.29) is 19.0 Å². The molecule has 4 N–H and O–H groups in total. The van der Waals surface area contributed by atoms with E-state index in [0.717, 1.165) is 0 Å². The van der Waals surface area contributed by atoms with Crippen LogP contribution in [0.4, 0.5) is 0 Å². The third-order valence-corrected chi connectivity index (χ3v) is 3.31. The lowest BCUT2D eigenvalue weighted by Gasteiger charge is -2.38. The Morgan fingerprint density at radius 3 is 2.35 bits per heavy atom. The molecule has 0 aromatic rings. The van der Waals surface area contributed by atoms with Crippen molar-refractivity contribution >= 4 is 11.8 Å². The van der Waals surface area contributed by atoms with Gasteiger partial charge in [0.2, 0.25) is 11.8 Å². The van der Waals surface area contributed by atoms with Crippen LogP contribution in [0.5, 0.6) is 0 Å². The van der Waals surface area contributed by atoms with Crippen molar-refractivity contribution < 1.29 is 14.3 Å². The number of likely N-dealkylation sites (N-methyl/N-ethyl adjacent to an activating group) is 1. The normalized spacial score (nSPS) is 18.7. The lowest BCUT2D eigenvalue weighted by molar-refractivity contribution is -0.148. The van der Waals surface area contributed by atoms with Crippen molar-refractivity contribution in [2.75, 3.05) is 32.8 Å². The summed E-state index contributed by atoms with van der Waals surface area (Å²) in [6.45, 7) is 3.60. The van der Waals surface area contributed by atoms with E-state index in [1.807, 2.05) is 6.92 Å². The van der Waals surface area contributed by atoms with Crippen molar-refractivity contribution in [1.29, 1.82) is 0 Å². The maximum Gasteiger partial charge on any atom is 0.237 e. The van der Waals surface area contributed by atoms with Gasteiger partial charge in [-0.3, -0.25) is 9.59 Å². The van der Waals surface area contributed by atoms with Gasteiger partial charge in [0, 0.05) is 26.3 Å². The van der Waals surface area contributed by atoms with E-state index in [0.29, 0.717) is 32.6 Å². The van der Waals surface area contributed by atoms with Crippen molar-refractivity contribution in [1.82, 2.24) is 4.90 Å². The van der Waals surface area contributed by atoms with E-state index >= 15 is 0 Å². The molecule has 0 bridgehead atoms. The SMILES string of the molecule is CCN(CC(N)=O)C(=O)C1(CN)CCOCC1. The van der Waals surface area contributed by atoms with Crippen LogP contribution in [0.25, 0.3) is 0 Å². The molecule has 2 amide bonds. The van der Waals surface area contributed by atoms with Gasteiger partial charge in [0.15, 0.2) is 0 Å². The molecular formula is C11H21N3O3. The summed E-state index contributed by atoms with van der Waals surface area (Å²) in [7, 11) is 0. The zero-order valence-corrected chi connectivity index (χ0v) is 10.3. The van der Waals surface area contributed by atoms with Crippen LogP contribution in [0.15, 0.2) is 0 Å². The molecule has 1 aliphatic rings. The molecule has 1 aliphatic heterocycles. The molecule has 1 saturated heterocycles. The topological polar surface area (TPSA) is 98.7 Å². The van der Waals surface area contributed by atoms with Gasteiger partial charge in [0.25, 0.3) is 0 Å². The van der Waals surface area contributed by atoms with Crippen LogP contribution in [0.3, 0.4) is 0 Å². The number of primary amides is 1. The maximum absolute atomic E-state index is 12.4. The number of nitrogens with zero attached hydrogens (tertiary/aromatic N) is 1. The molecule has 1 fully saturated rings. The highest BCUT2D eigenvalue weighted by atomic mass is 16.5. The van der Waals surface area contributed by atoms with Gasteiger partial charge in [0.1, 0.15) is 0 Å². The Morgan fingerprint density at radius 1 is 1.35 bits per heavy atom. The summed E-state index contributed by atoms with van der Waals surface area (Å²) in [5.41, 5.74) is 10.3. The third-order valence-electron chi connectivity index (χ3n) is 3.31. The maximum atomic E-state index is 12.4. The van der Waals surface area contributed by atoms with E-state index in [1.54, 1.807) is 0 Å². The second-order valence-electron chi connectivity index (χ2n) is 4.38. The van der Waals surface area contributed by atoms with E-state index < -0.39 is 11.3 Å². The van der Waals surface area contributed by atoms with Crippen molar-refractivity contribution in [3.05, 3.63) is 0 Å². The Bertz CT molecular complexity index is 288. The lowest BCUT2D eigenvalue weighted by Crippen LogP contribution is -2.52. The van der Waals surface area contributed by atoms with Crippen LogP contribution in [0.2, 0.25) is 0 Å². The second kappa shape index (κ2) is 5.97. The number of ether oxygens (including phenoxy) is 1. The van der Waals surface area contributed by atoms with Crippen LogP contribution in [-0.4, -0.2) is 49.6 Å². The minimum atomic E-state index is -0.580. The average Bonchev–Trinajstić information content (AvgIpc) is 2.35. The molecule has 1 rings (SSSR count). The van der Waals surface area contributed by atoms with Crippen LogP contribution in [-0.2, 0) is 14.3 Å². The van der Waals surface area contributed by atoms with Gasteiger partial charge in [0.05, 0.1) is 12.0 Å². The number of carbonyl (C=O) groups is 2. The molecular weight excluding hydrogens is 222 g/mol. The first-order valence-corrected chi connectivity index (χ1v) is 5.91. The predicted molar refractivity (Wildman–Crippen MR) is 63.0 cm³/mol. The minimum Gasteiger partial charge on any atom is -0.381 e. The van der Waals surface area contributed by atoms with E-state index in [9.17, 15) is 9.59 Å². The van der Waals surface area contributed by atoms with Crippen LogP contribution in [0.1, 0.15) is 19.8 Å². The molecule has 6 nitrogen and oxygen atoms in total. The van der Waals surface area contributed by atoms with Crippen molar-refractivity contribution in [3.8, 4) is 0 Å². The first-order chi connectivity index (χ1) is 8.05. The Morgan fingerprint density at radius 2 is 1.94 bits per heavy atom. The molecule has 0 spiro atoms. The van der Waals surface area contributed by atoms with Gasteiger partial charge < -0.3 is 21.1 Å². The minimum absolute atomic E-state index is 0.0437. The first kappa shape index (κ1) is 13.9. The Balaban J connectivity index is 2.78. The lowest BCUT2D eigenvalue weighted by atomic mass is 9.79. The summed E-state index contributed by atoms with van der Waals surface area (Å²) in [5, 5.41) is 0. The second-order valence-corrected chi connectivity index (χ2v) is 4.38. The number of nitrogens with two attached hydrogens (primary N) is 2. The van der Waals surface area contributed by atoms with Gasteiger partial charge >= 0.3 is 0 Å². The monoisotopic (exact) mass is 243 g/mol. The van der Waals surface area contributed by atoms with Gasteiger partial charge in [-0.05, 0) is 19.8 Å². The summed E-state index contributed by atoms with van der Waals surface area (Å²) < 4.78 is 5.25. The largest absolute Gasteiger partial charge is 0.381 e. The molecule has 0 saturated carbocycles. The highest BCUT2D eigenvalue weighted by Gasteiger charge is 2.41. The number of hydrogen-bond donors (Lipinski definition) is 2. The Kier molecular flexibility index (Phi) is 4.89. The standard InChI is InChI=1S/C11H21N3O3/c1-2-14(7-9(13)15)10(16)11(8-12)3-5-17-6-4-11/h2-8,12H2,1H3,(H2,13,15). The third kappa shape index (κ3) is 3.17. The highest BCUT2D eigenvalue weighted by Crippen LogP contribution is 2.31. The first-order valence-electron chi connectivity index (χ1n) is 5.91. The van der Waals surface area contributed by atoms with Gasteiger partial charge in [-0.15, -0.1) is 0 Å². The zero-order valence-electron chi connectivity index (χ0n) is 10.3. The van der Waals surface area contributed by atoms with Crippen molar-refractivity contribution in [3.63, 3.8) is 0 Å². The van der Waals surface area contributed by atoms with E-state index in [4.69, 9.17) is 16.2 Å². The molecule has 0 atom stereocenters. The summed E-state index contributed by atoms with van der Waals surface area (Å²) in [5.74, 6) is -0.580. The Hall–Kier alpha value is -1.14. The molecule has 0 aromatic heterocycles. The van der Waals surface area contributed by atoms with Gasteiger partial charge in [-0.1, -0.05) is 0 Å². The molecule has 0 aliphatic carbocycles. The molecule has 1 heterocycles. The van der Waals surface area contributed by atoms with Gasteiger partial charge in [-0.2, -0.15) is 0 Å². The van der Waals surface area contributed by atoms with Crippen molar-refractivity contribution in [2.45, 2.75) is 19.8 Å².